The number of aliphatic hydroxyl groups is 1. The van der Waals surface area contributed by atoms with Gasteiger partial charge in [0.15, 0.2) is 0 Å². The van der Waals surface area contributed by atoms with Crippen molar-refractivity contribution in [1.29, 1.82) is 0 Å². The lowest BCUT2D eigenvalue weighted by molar-refractivity contribution is -0.134. The van der Waals surface area contributed by atoms with Crippen molar-refractivity contribution in [3.63, 3.8) is 0 Å². The fourth-order valence-electron chi connectivity index (χ4n) is 1.75. The number of benzene rings is 1. The highest BCUT2D eigenvalue weighted by Crippen LogP contribution is 2.20. The number of likely N-dealkylation sites (N-methyl/N-ethyl adjacent to an activating group) is 1. The smallest absolute Gasteiger partial charge is 0.328 e. The largest absolute Gasteiger partial charge is 0.478 e. The summed E-state index contributed by atoms with van der Waals surface area (Å²) in [6.07, 6.45) is 1.42. The van der Waals surface area contributed by atoms with Crippen LogP contribution in [0.2, 0.25) is 0 Å². The van der Waals surface area contributed by atoms with Gasteiger partial charge in [-0.15, -0.1) is 0 Å². The molecule has 1 aromatic rings. The van der Waals surface area contributed by atoms with Gasteiger partial charge in [-0.05, 0) is 12.0 Å². The summed E-state index contributed by atoms with van der Waals surface area (Å²) >= 11 is 0. The van der Waals surface area contributed by atoms with E-state index in [1.807, 2.05) is 37.3 Å². The minimum atomic E-state index is -1.26. The van der Waals surface area contributed by atoms with Gasteiger partial charge in [0.1, 0.15) is 0 Å². The van der Waals surface area contributed by atoms with Crippen molar-refractivity contribution in [1.82, 2.24) is 5.01 Å². The first kappa shape index (κ1) is 19.8. The highest BCUT2D eigenvalue weighted by atomic mass is 16.4. The van der Waals surface area contributed by atoms with Gasteiger partial charge in [0.05, 0.1) is 12.1 Å². The Hall–Kier alpha value is -2.22. The zero-order valence-electron chi connectivity index (χ0n) is 12.6. The number of carbonyl (C=O) groups is 2. The van der Waals surface area contributed by atoms with E-state index in [4.69, 9.17) is 16.1 Å². The zero-order valence-corrected chi connectivity index (χ0v) is 12.6. The molecule has 122 valence electrons. The van der Waals surface area contributed by atoms with E-state index in [-0.39, 0.29) is 6.04 Å². The number of hydrogen-bond acceptors (Lipinski definition) is 5. The van der Waals surface area contributed by atoms with Gasteiger partial charge < -0.3 is 15.3 Å². The lowest BCUT2D eigenvalue weighted by atomic mass is 10.0. The van der Waals surface area contributed by atoms with E-state index >= 15 is 0 Å². The zero-order chi connectivity index (χ0) is 17.1. The first-order valence-corrected chi connectivity index (χ1v) is 6.64. The molecule has 0 bridgehead atoms. The quantitative estimate of drug-likeness (QED) is 0.351. The van der Waals surface area contributed by atoms with Gasteiger partial charge in [-0.25, -0.2) is 14.6 Å². The second-order valence-electron chi connectivity index (χ2n) is 4.51. The number of nitrogens with zero attached hydrogens (tertiary/aromatic N) is 1. The molecule has 0 aromatic heterocycles. The van der Waals surface area contributed by atoms with E-state index in [0.717, 1.165) is 12.0 Å². The molecule has 2 atom stereocenters. The minimum Gasteiger partial charge on any atom is -0.478 e. The van der Waals surface area contributed by atoms with Crippen LogP contribution >= 0.6 is 0 Å². The van der Waals surface area contributed by atoms with Crippen molar-refractivity contribution in [3.8, 4) is 0 Å². The summed E-state index contributed by atoms with van der Waals surface area (Å²) in [5, 5.41) is 27.2. The molecular weight excluding hydrogens is 288 g/mol. The van der Waals surface area contributed by atoms with Gasteiger partial charge in [-0.2, -0.15) is 0 Å². The average molecular weight is 310 g/mol. The molecule has 1 aromatic carbocycles. The number of hydrogen-bond donors (Lipinski definition) is 4. The summed E-state index contributed by atoms with van der Waals surface area (Å²) in [4.78, 5) is 19.1. The number of hydrazine groups is 1. The van der Waals surface area contributed by atoms with E-state index in [1.165, 1.54) is 0 Å². The third kappa shape index (κ3) is 8.15. The SMILES string of the molecule is CC[C@@H]([C@H](O)c1ccccc1)N(C)N.O=C(O)/C=C/C(=O)O. The van der Waals surface area contributed by atoms with Gasteiger partial charge in [-0.1, -0.05) is 37.3 Å². The number of rotatable bonds is 6. The van der Waals surface area contributed by atoms with Crippen molar-refractivity contribution in [2.75, 3.05) is 7.05 Å². The third-order valence-corrected chi connectivity index (χ3v) is 2.82. The predicted octanol–water partition coefficient (Wildman–Crippen LogP) is 1.02. The van der Waals surface area contributed by atoms with Crippen LogP contribution in [0, 0.1) is 0 Å². The van der Waals surface area contributed by atoms with Crippen LogP contribution < -0.4 is 5.84 Å². The van der Waals surface area contributed by atoms with E-state index in [1.54, 1.807) is 12.1 Å². The first-order chi connectivity index (χ1) is 10.3. The highest BCUT2D eigenvalue weighted by molar-refractivity contribution is 5.89. The molecule has 5 N–H and O–H groups in total. The number of aliphatic hydroxyl groups excluding tert-OH is 1. The molecule has 0 aliphatic rings. The monoisotopic (exact) mass is 310 g/mol. The molecule has 0 radical (unpaired) electrons. The highest BCUT2D eigenvalue weighted by Gasteiger charge is 2.20. The number of carboxylic acids is 2. The van der Waals surface area contributed by atoms with Crippen LogP contribution in [-0.2, 0) is 9.59 Å². The first-order valence-electron chi connectivity index (χ1n) is 6.64. The molecule has 0 aliphatic heterocycles. The number of nitrogens with two attached hydrogens (primary N) is 1. The summed E-state index contributed by atoms with van der Waals surface area (Å²) in [6, 6.07) is 9.57. The van der Waals surface area contributed by atoms with Crippen LogP contribution in [-0.4, -0.2) is 45.4 Å². The molecule has 22 heavy (non-hydrogen) atoms. The Kier molecular flexibility index (Phi) is 9.44. The Morgan fingerprint density at radius 3 is 1.95 bits per heavy atom. The fraction of sp³-hybridized carbons (Fsp3) is 0.333. The molecule has 7 heteroatoms. The second kappa shape index (κ2) is 10.5. The Bertz CT molecular complexity index is 472. The third-order valence-electron chi connectivity index (χ3n) is 2.82. The molecule has 0 heterocycles. The molecule has 0 aliphatic carbocycles. The van der Waals surface area contributed by atoms with E-state index in [9.17, 15) is 14.7 Å². The van der Waals surface area contributed by atoms with Crippen LogP contribution in [0.4, 0.5) is 0 Å². The van der Waals surface area contributed by atoms with Crippen molar-refractivity contribution in [2.24, 2.45) is 5.84 Å². The summed E-state index contributed by atoms with van der Waals surface area (Å²) in [6.45, 7) is 2.01. The molecule has 0 amide bonds. The maximum Gasteiger partial charge on any atom is 0.328 e. The van der Waals surface area contributed by atoms with Gasteiger partial charge >= 0.3 is 11.9 Å². The van der Waals surface area contributed by atoms with Gasteiger partial charge in [-0.3, -0.25) is 5.84 Å². The van der Waals surface area contributed by atoms with Gasteiger partial charge in [0, 0.05) is 19.2 Å². The Morgan fingerprint density at radius 1 is 1.18 bits per heavy atom. The summed E-state index contributed by atoms with van der Waals surface area (Å²) in [7, 11) is 1.78. The topological polar surface area (TPSA) is 124 Å². The maximum absolute atomic E-state index is 10.0. The molecule has 0 saturated carbocycles. The van der Waals surface area contributed by atoms with E-state index in [0.29, 0.717) is 12.2 Å². The van der Waals surface area contributed by atoms with Crippen LogP contribution in [0.3, 0.4) is 0 Å². The minimum absolute atomic E-state index is 0.0302. The lowest BCUT2D eigenvalue weighted by Crippen LogP contribution is -2.41. The molecular formula is C15H22N2O5. The van der Waals surface area contributed by atoms with Crippen molar-refractivity contribution in [2.45, 2.75) is 25.5 Å². The molecule has 7 nitrogen and oxygen atoms in total. The summed E-state index contributed by atoms with van der Waals surface area (Å²) in [5.41, 5.74) is 0.914. The molecule has 1 rings (SSSR count). The standard InChI is InChI=1S/C11H18N2O.C4H4O4/c1-3-10(13(2)12)11(14)9-7-5-4-6-8-9;5-3(6)1-2-4(7)8/h4-8,10-11,14H,3,12H2,1-2H3;1-2H,(H,5,6)(H,7,8)/b;2-1+/t10-,11+;/m0./s1. The fourth-order valence-corrected chi connectivity index (χ4v) is 1.75. The average Bonchev–Trinajstić information content (AvgIpc) is 2.47. The number of carboxylic acid groups (broad SMARTS) is 2. The molecule has 0 spiro atoms. The molecule has 0 fully saturated rings. The van der Waals surface area contributed by atoms with Crippen LogP contribution in [0.15, 0.2) is 42.5 Å². The normalized spacial score (nSPS) is 13.3. The van der Waals surface area contributed by atoms with E-state index in [2.05, 4.69) is 0 Å². The van der Waals surface area contributed by atoms with Crippen molar-refractivity contribution in [3.05, 3.63) is 48.0 Å². The van der Waals surface area contributed by atoms with Crippen molar-refractivity contribution >= 4 is 11.9 Å². The lowest BCUT2D eigenvalue weighted by Gasteiger charge is -2.27. The Labute approximate surface area is 129 Å². The van der Waals surface area contributed by atoms with Gasteiger partial charge in [0.2, 0.25) is 0 Å². The number of aliphatic carboxylic acids is 2. The van der Waals surface area contributed by atoms with Gasteiger partial charge in [0.25, 0.3) is 0 Å². The molecule has 0 unspecified atom stereocenters. The second-order valence-corrected chi connectivity index (χ2v) is 4.51. The maximum atomic E-state index is 10.0. The Morgan fingerprint density at radius 2 is 1.64 bits per heavy atom. The van der Waals surface area contributed by atoms with Crippen LogP contribution in [0.5, 0.6) is 0 Å². The predicted molar refractivity (Wildman–Crippen MR) is 81.8 cm³/mol. The van der Waals surface area contributed by atoms with E-state index < -0.39 is 18.0 Å². The van der Waals surface area contributed by atoms with Crippen molar-refractivity contribution < 1.29 is 24.9 Å². The summed E-state index contributed by atoms with van der Waals surface area (Å²) < 4.78 is 0. The summed E-state index contributed by atoms with van der Waals surface area (Å²) in [5.74, 6) is 3.14. The van der Waals surface area contributed by atoms with Crippen LogP contribution in [0.25, 0.3) is 0 Å². The molecule has 0 saturated heterocycles. The Balaban J connectivity index is 0.000000472. The van der Waals surface area contributed by atoms with Crippen LogP contribution in [0.1, 0.15) is 25.0 Å².